The molecule has 3 heteroatoms. The molecule has 0 aromatic heterocycles. The van der Waals surface area contributed by atoms with Crippen LogP contribution in [0.15, 0.2) is 12.0 Å². The second kappa shape index (κ2) is 7.42. The van der Waals surface area contributed by atoms with Gasteiger partial charge in [0.1, 0.15) is 6.10 Å². The molecule has 3 atom stereocenters. The Morgan fingerprint density at radius 3 is 2.23 bits per heavy atom. The fraction of sp³-hybridized carbons (Fsp3) is 0.895. The van der Waals surface area contributed by atoms with Crippen LogP contribution in [0.2, 0.25) is 18.1 Å². The molecule has 1 fully saturated rings. The van der Waals surface area contributed by atoms with Gasteiger partial charge in [-0.2, -0.15) is 0 Å². The Morgan fingerprint density at radius 1 is 1.18 bits per heavy atom. The fourth-order valence-electron chi connectivity index (χ4n) is 2.96. The minimum Gasteiger partial charge on any atom is -0.519 e. The van der Waals surface area contributed by atoms with E-state index in [1.165, 1.54) is 12.8 Å². The molecule has 130 valence electrons. The predicted molar refractivity (Wildman–Crippen MR) is 98.3 cm³/mol. The van der Waals surface area contributed by atoms with Gasteiger partial charge in [-0.05, 0) is 61.7 Å². The summed E-state index contributed by atoms with van der Waals surface area (Å²) in [7, 11) is -1.83. The molecule has 0 unspecified atom stereocenters. The van der Waals surface area contributed by atoms with Crippen molar-refractivity contribution < 1.29 is 9.16 Å². The van der Waals surface area contributed by atoms with Crippen molar-refractivity contribution in [2.45, 2.75) is 92.0 Å². The summed E-state index contributed by atoms with van der Waals surface area (Å²) < 4.78 is 12.8. The number of allylic oxidation sites excluding steroid dienone is 1. The van der Waals surface area contributed by atoms with Gasteiger partial charge in [0, 0.05) is 0 Å². The maximum atomic E-state index is 6.40. The largest absolute Gasteiger partial charge is 0.519 e. The van der Waals surface area contributed by atoms with Gasteiger partial charge in [0.25, 0.3) is 14.3 Å². The summed E-state index contributed by atoms with van der Waals surface area (Å²) in [6.07, 6.45) is 6.08. The zero-order valence-corrected chi connectivity index (χ0v) is 17.3. The van der Waals surface area contributed by atoms with Crippen molar-refractivity contribution in [1.82, 2.24) is 0 Å². The zero-order chi connectivity index (χ0) is 17.1. The van der Waals surface area contributed by atoms with E-state index in [-0.39, 0.29) is 5.04 Å². The van der Waals surface area contributed by atoms with Gasteiger partial charge < -0.3 is 9.16 Å². The molecule has 1 aliphatic carbocycles. The minimum absolute atomic E-state index is 0.196. The van der Waals surface area contributed by atoms with Crippen LogP contribution < -0.4 is 0 Å². The van der Waals surface area contributed by atoms with Gasteiger partial charge in [-0.25, -0.2) is 0 Å². The molecule has 0 aliphatic heterocycles. The molecule has 0 radical (unpaired) electrons. The highest BCUT2D eigenvalue weighted by Gasteiger charge is 2.41. The average molecular weight is 327 g/mol. The first-order valence-corrected chi connectivity index (χ1v) is 11.9. The van der Waals surface area contributed by atoms with Crippen molar-refractivity contribution in [1.29, 1.82) is 0 Å². The van der Waals surface area contributed by atoms with Crippen LogP contribution in [-0.2, 0) is 9.16 Å². The van der Waals surface area contributed by atoms with Crippen LogP contribution in [0.25, 0.3) is 0 Å². The summed E-state index contributed by atoms with van der Waals surface area (Å²) in [6.45, 7) is 20.4. The van der Waals surface area contributed by atoms with E-state index in [4.69, 9.17) is 9.16 Å². The van der Waals surface area contributed by atoms with Gasteiger partial charge in [-0.3, -0.25) is 0 Å². The van der Waals surface area contributed by atoms with E-state index in [2.05, 4.69) is 54.6 Å². The Kier molecular flexibility index (Phi) is 6.61. The van der Waals surface area contributed by atoms with Crippen molar-refractivity contribution in [2.24, 2.45) is 17.8 Å². The first kappa shape index (κ1) is 19.6. The molecule has 0 amide bonds. The molecule has 1 saturated carbocycles. The topological polar surface area (TPSA) is 18.5 Å². The number of hydrogen-bond donors (Lipinski definition) is 0. The summed E-state index contributed by atoms with van der Waals surface area (Å²) in [5.41, 5.74) is 0. The zero-order valence-electron chi connectivity index (χ0n) is 16.3. The van der Waals surface area contributed by atoms with Gasteiger partial charge in [0.05, 0.1) is 0 Å². The van der Waals surface area contributed by atoms with Gasteiger partial charge in [-0.15, -0.1) is 0 Å². The Morgan fingerprint density at radius 2 is 1.77 bits per heavy atom. The van der Waals surface area contributed by atoms with Crippen molar-refractivity contribution in [3.63, 3.8) is 0 Å². The smallest absolute Gasteiger partial charge is 0.261 e. The normalized spacial score (nSPS) is 27.9. The fourth-order valence-corrected chi connectivity index (χ4v) is 3.93. The molecule has 0 spiro atoms. The first-order valence-electron chi connectivity index (χ1n) is 9.00. The van der Waals surface area contributed by atoms with Crippen molar-refractivity contribution in [3.8, 4) is 0 Å². The van der Waals surface area contributed by atoms with Crippen LogP contribution in [0.3, 0.4) is 0 Å². The lowest BCUT2D eigenvalue weighted by Crippen LogP contribution is -2.42. The molecule has 1 aliphatic rings. The lowest BCUT2D eigenvalue weighted by molar-refractivity contribution is -0.0409. The van der Waals surface area contributed by atoms with E-state index in [1.807, 2.05) is 13.0 Å². The molecule has 0 aromatic rings. The van der Waals surface area contributed by atoms with Gasteiger partial charge >= 0.3 is 0 Å². The van der Waals surface area contributed by atoms with Crippen molar-refractivity contribution in [3.05, 3.63) is 12.0 Å². The van der Waals surface area contributed by atoms with Gasteiger partial charge in [-0.1, -0.05) is 48.0 Å². The molecule has 0 saturated heterocycles. The summed E-state index contributed by atoms with van der Waals surface area (Å²) >= 11 is 0. The van der Waals surface area contributed by atoms with Crippen LogP contribution in [0.1, 0.15) is 67.7 Å². The van der Waals surface area contributed by atoms with E-state index < -0.39 is 8.32 Å². The Labute approximate surface area is 139 Å². The number of rotatable bonds is 5. The average Bonchev–Trinajstić information content (AvgIpc) is 2.35. The summed E-state index contributed by atoms with van der Waals surface area (Å²) in [5.74, 6) is 2.83. The van der Waals surface area contributed by atoms with E-state index in [0.29, 0.717) is 17.9 Å². The minimum atomic E-state index is -1.83. The Hall–Kier alpha value is -0.443. The maximum Gasteiger partial charge on any atom is 0.261 e. The first-order chi connectivity index (χ1) is 9.98. The summed E-state index contributed by atoms with van der Waals surface area (Å²) in [6, 6.07) is 0. The third-order valence-electron chi connectivity index (χ3n) is 5.63. The molecule has 1 rings (SSSR count). The van der Waals surface area contributed by atoms with Gasteiger partial charge in [0.2, 0.25) is 0 Å². The molecule has 0 heterocycles. The second-order valence-electron chi connectivity index (χ2n) is 8.95. The molecule has 0 bridgehead atoms. The third kappa shape index (κ3) is 5.04. The maximum absolute atomic E-state index is 6.40. The van der Waals surface area contributed by atoms with E-state index in [0.717, 1.165) is 18.3 Å². The van der Waals surface area contributed by atoms with Gasteiger partial charge in [0.15, 0.2) is 0 Å². The summed E-state index contributed by atoms with van der Waals surface area (Å²) in [5, 5.41) is 0.196. The number of ether oxygens (including phenoxy) is 1. The third-order valence-corrected chi connectivity index (χ3v) is 9.95. The Balaban J connectivity index is 2.80. The van der Waals surface area contributed by atoms with Crippen LogP contribution >= 0.6 is 0 Å². The monoisotopic (exact) mass is 326 g/mol. The van der Waals surface area contributed by atoms with Crippen LogP contribution in [0, 0.1) is 17.8 Å². The second-order valence-corrected chi connectivity index (χ2v) is 13.7. The molecule has 0 N–H and O–H groups in total. The molecule has 2 nitrogen and oxygen atoms in total. The van der Waals surface area contributed by atoms with E-state index in [1.54, 1.807) is 0 Å². The SMILES string of the molecule is C/C=C(\O[C@@H]1C[C@H](C)CC[C@H]1C(C)C)O[Si](C)(C)C(C)(C)C. The molecular formula is C19H38O2Si. The summed E-state index contributed by atoms with van der Waals surface area (Å²) in [4.78, 5) is 0. The quantitative estimate of drug-likeness (QED) is 0.433. The standard InChI is InChI=1S/C19H38O2Si/c1-10-18(21-22(8,9)19(5,6)7)20-17-13-15(4)11-12-16(17)14(2)3/h10,14-17H,11-13H2,1-9H3/b18-10+/t15-,16+,17-/m1/s1. The highest BCUT2D eigenvalue weighted by molar-refractivity contribution is 6.74. The molecular weight excluding hydrogens is 288 g/mol. The highest BCUT2D eigenvalue weighted by atomic mass is 28.4. The van der Waals surface area contributed by atoms with Crippen LogP contribution in [0.5, 0.6) is 0 Å². The van der Waals surface area contributed by atoms with E-state index in [9.17, 15) is 0 Å². The predicted octanol–water partition coefficient (Wildman–Crippen LogP) is 6.35. The molecule has 22 heavy (non-hydrogen) atoms. The lowest BCUT2D eigenvalue weighted by Gasteiger charge is -2.41. The van der Waals surface area contributed by atoms with Crippen LogP contribution in [-0.4, -0.2) is 14.4 Å². The highest BCUT2D eigenvalue weighted by Crippen LogP contribution is 2.40. The van der Waals surface area contributed by atoms with Crippen LogP contribution in [0.4, 0.5) is 0 Å². The number of hydrogen-bond acceptors (Lipinski definition) is 2. The lowest BCUT2D eigenvalue weighted by atomic mass is 9.75. The van der Waals surface area contributed by atoms with Crippen molar-refractivity contribution >= 4 is 8.32 Å². The van der Waals surface area contributed by atoms with E-state index >= 15 is 0 Å². The van der Waals surface area contributed by atoms with Crippen molar-refractivity contribution in [2.75, 3.05) is 0 Å². The Bertz CT molecular complexity index is 379. The molecule has 0 aromatic carbocycles.